The van der Waals surface area contributed by atoms with E-state index in [1.54, 1.807) is 6.07 Å². The average molecular weight is 357 g/mol. The Morgan fingerprint density at radius 3 is 2.85 bits per heavy atom. The van der Waals surface area contributed by atoms with E-state index in [4.69, 9.17) is 9.84 Å². The zero-order chi connectivity index (χ0) is 9.84. The van der Waals surface area contributed by atoms with E-state index in [-0.39, 0.29) is 6.61 Å². The van der Waals surface area contributed by atoms with Gasteiger partial charge in [0, 0.05) is 3.57 Å². The SMILES string of the molecule is O=C(O)COc1ccc(I)cc1Br. The molecular formula is C8H6BrIO3. The molecule has 0 aromatic heterocycles. The number of carbonyl (C=O) groups is 1. The molecule has 5 heteroatoms. The number of halogens is 2. The molecule has 70 valence electrons. The highest BCUT2D eigenvalue weighted by atomic mass is 127. The third-order valence-electron chi connectivity index (χ3n) is 1.25. The van der Waals surface area contributed by atoms with Gasteiger partial charge in [0.1, 0.15) is 5.75 Å². The fraction of sp³-hybridized carbons (Fsp3) is 0.125. The lowest BCUT2D eigenvalue weighted by atomic mass is 10.3. The molecule has 0 aliphatic carbocycles. The molecule has 1 aromatic rings. The molecular weight excluding hydrogens is 351 g/mol. The maximum absolute atomic E-state index is 10.2. The fourth-order valence-electron chi connectivity index (χ4n) is 0.732. The molecule has 0 spiro atoms. The van der Waals surface area contributed by atoms with Crippen molar-refractivity contribution < 1.29 is 14.6 Å². The molecule has 0 fully saturated rings. The van der Waals surface area contributed by atoms with Crippen molar-refractivity contribution in [3.63, 3.8) is 0 Å². The first-order chi connectivity index (χ1) is 6.09. The predicted molar refractivity (Wildman–Crippen MR) is 60.0 cm³/mol. The lowest BCUT2D eigenvalue weighted by Gasteiger charge is -2.05. The molecule has 3 nitrogen and oxygen atoms in total. The van der Waals surface area contributed by atoms with E-state index >= 15 is 0 Å². The van der Waals surface area contributed by atoms with Crippen molar-refractivity contribution in [3.05, 3.63) is 26.2 Å². The standard InChI is InChI=1S/C8H6BrIO3/c9-6-3-5(10)1-2-7(6)13-4-8(11)12/h1-3H,4H2,(H,11,12). The second-order valence-corrected chi connectivity index (χ2v) is 4.36. The highest BCUT2D eigenvalue weighted by Crippen LogP contribution is 2.26. The van der Waals surface area contributed by atoms with Crippen LogP contribution in [0.15, 0.2) is 22.7 Å². The molecule has 0 saturated heterocycles. The molecule has 0 aliphatic heterocycles. The van der Waals surface area contributed by atoms with Gasteiger partial charge in [-0.25, -0.2) is 4.79 Å². The molecule has 0 saturated carbocycles. The van der Waals surface area contributed by atoms with Crippen LogP contribution in [-0.2, 0) is 4.79 Å². The number of benzene rings is 1. The Hall–Kier alpha value is -0.300. The summed E-state index contributed by atoms with van der Waals surface area (Å²) >= 11 is 5.44. The first-order valence-corrected chi connectivity index (χ1v) is 5.26. The van der Waals surface area contributed by atoms with Crippen LogP contribution < -0.4 is 4.74 Å². The summed E-state index contributed by atoms with van der Waals surface area (Å²) in [6.45, 7) is -0.320. The topological polar surface area (TPSA) is 46.5 Å². The minimum Gasteiger partial charge on any atom is -0.481 e. The quantitative estimate of drug-likeness (QED) is 0.846. The van der Waals surface area contributed by atoms with Crippen molar-refractivity contribution >= 4 is 44.5 Å². The molecule has 0 atom stereocenters. The third-order valence-corrected chi connectivity index (χ3v) is 2.54. The second-order valence-electron chi connectivity index (χ2n) is 2.26. The van der Waals surface area contributed by atoms with Crippen LogP contribution in [0, 0.1) is 3.57 Å². The Balaban J connectivity index is 2.72. The summed E-state index contributed by atoms with van der Waals surface area (Å²) in [6, 6.07) is 5.44. The van der Waals surface area contributed by atoms with Crippen LogP contribution in [0.5, 0.6) is 5.75 Å². The molecule has 1 rings (SSSR count). The summed E-state index contributed by atoms with van der Waals surface area (Å²) in [6.07, 6.45) is 0. The Bertz CT molecular complexity index is 327. The molecule has 1 aromatic carbocycles. The molecule has 13 heavy (non-hydrogen) atoms. The van der Waals surface area contributed by atoms with Crippen molar-refractivity contribution in [1.82, 2.24) is 0 Å². The van der Waals surface area contributed by atoms with Crippen LogP contribution in [-0.4, -0.2) is 17.7 Å². The predicted octanol–water partition coefficient (Wildman–Crippen LogP) is 2.52. The fourth-order valence-corrected chi connectivity index (χ4v) is 2.14. The van der Waals surface area contributed by atoms with E-state index in [2.05, 4.69) is 38.5 Å². The van der Waals surface area contributed by atoms with Crippen molar-refractivity contribution in [2.45, 2.75) is 0 Å². The van der Waals surface area contributed by atoms with Crippen LogP contribution in [0.2, 0.25) is 0 Å². The van der Waals surface area contributed by atoms with Crippen molar-refractivity contribution in [3.8, 4) is 5.75 Å². The van der Waals surface area contributed by atoms with Crippen LogP contribution in [0.25, 0.3) is 0 Å². The molecule has 0 unspecified atom stereocenters. The summed E-state index contributed by atoms with van der Waals surface area (Å²) in [5, 5.41) is 8.38. The number of aliphatic carboxylic acids is 1. The Kier molecular flexibility index (Phi) is 3.98. The number of ether oxygens (including phenoxy) is 1. The Morgan fingerprint density at radius 1 is 1.62 bits per heavy atom. The highest BCUT2D eigenvalue weighted by molar-refractivity contribution is 14.1. The van der Waals surface area contributed by atoms with Crippen molar-refractivity contribution in [1.29, 1.82) is 0 Å². The number of hydrogen-bond acceptors (Lipinski definition) is 2. The van der Waals surface area contributed by atoms with Gasteiger partial charge in [-0.1, -0.05) is 0 Å². The van der Waals surface area contributed by atoms with Gasteiger partial charge in [-0.3, -0.25) is 0 Å². The molecule has 0 radical (unpaired) electrons. The first kappa shape index (κ1) is 10.8. The monoisotopic (exact) mass is 356 g/mol. The number of rotatable bonds is 3. The lowest BCUT2D eigenvalue weighted by Crippen LogP contribution is -2.09. The van der Waals surface area contributed by atoms with Crippen LogP contribution >= 0.6 is 38.5 Å². The van der Waals surface area contributed by atoms with Crippen LogP contribution in [0.1, 0.15) is 0 Å². The number of carboxylic acids is 1. The van der Waals surface area contributed by atoms with Gasteiger partial charge < -0.3 is 9.84 Å². The Morgan fingerprint density at radius 2 is 2.31 bits per heavy atom. The maximum atomic E-state index is 10.2. The summed E-state index contributed by atoms with van der Waals surface area (Å²) in [4.78, 5) is 10.2. The summed E-state index contributed by atoms with van der Waals surface area (Å²) < 4.78 is 6.83. The van der Waals surface area contributed by atoms with Gasteiger partial charge in [0.2, 0.25) is 0 Å². The maximum Gasteiger partial charge on any atom is 0.341 e. The largest absolute Gasteiger partial charge is 0.481 e. The molecule has 0 aliphatic rings. The molecule has 1 N–H and O–H groups in total. The molecule has 0 amide bonds. The van der Waals surface area contributed by atoms with Crippen molar-refractivity contribution in [2.24, 2.45) is 0 Å². The van der Waals surface area contributed by atoms with Gasteiger partial charge in [-0.15, -0.1) is 0 Å². The smallest absolute Gasteiger partial charge is 0.341 e. The van der Waals surface area contributed by atoms with Gasteiger partial charge in [0.05, 0.1) is 4.47 Å². The zero-order valence-corrected chi connectivity index (χ0v) is 10.2. The zero-order valence-electron chi connectivity index (χ0n) is 6.46. The van der Waals surface area contributed by atoms with E-state index in [0.717, 1.165) is 8.04 Å². The van der Waals surface area contributed by atoms with Gasteiger partial charge >= 0.3 is 5.97 Å². The van der Waals surface area contributed by atoms with E-state index in [9.17, 15) is 4.79 Å². The van der Waals surface area contributed by atoms with E-state index in [0.29, 0.717) is 5.75 Å². The van der Waals surface area contributed by atoms with Gasteiger partial charge in [0.25, 0.3) is 0 Å². The van der Waals surface area contributed by atoms with E-state index in [1.165, 1.54) is 0 Å². The highest BCUT2D eigenvalue weighted by Gasteiger charge is 2.03. The van der Waals surface area contributed by atoms with Crippen molar-refractivity contribution in [2.75, 3.05) is 6.61 Å². The average Bonchev–Trinajstić information content (AvgIpc) is 2.02. The summed E-state index contributed by atoms with van der Waals surface area (Å²) in [7, 11) is 0. The summed E-state index contributed by atoms with van der Waals surface area (Å²) in [5.41, 5.74) is 0. The first-order valence-electron chi connectivity index (χ1n) is 3.39. The normalized spacial score (nSPS) is 9.69. The van der Waals surface area contributed by atoms with Crippen LogP contribution in [0.3, 0.4) is 0 Å². The second kappa shape index (κ2) is 4.80. The Labute approximate surface area is 97.4 Å². The van der Waals surface area contributed by atoms with Gasteiger partial charge in [-0.05, 0) is 56.7 Å². The minimum absolute atomic E-state index is 0.320. The number of carboxylic acid groups (broad SMARTS) is 1. The third kappa shape index (κ3) is 3.51. The number of hydrogen-bond donors (Lipinski definition) is 1. The minimum atomic E-state index is -0.981. The lowest BCUT2D eigenvalue weighted by molar-refractivity contribution is -0.139. The van der Waals surface area contributed by atoms with Gasteiger partial charge in [0.15, 0.2) is 6.61 Å². The molecule has 0 heterocycles. The molecule has 0 bridgehead atoms. The van der Waals surface area contributed by atoms with Gasteiger partial charge in [-0.2, -0.15) is 0 Å². The van der Waals surface area contributed by atoms with Crippen LogP contribution in [0.4, 0.5) is 0 Å². The summed E-state index contributed by atoms with van der Waals surface area (Å²) in [5.74, 6) is -0.437. The van der Waals surface area contributed by atoms with E-state index < -0.39 is 5.97 Å². The van der Waals surface area contributed by atoms with E-state index in [1.807, 2.05) is 12.1 Å².